The molecule has 2 aromatic carbocycles. The van der Waals surface area contributed by atoms with Crippen LogP contribution >= 0.6 is 0 Å². The van der Waals surface area contributed by atoms with Crippen LogP contribution in [0.3, 0.4) is 0 Å². The molecule has 3 rings (SSSR count). The van der Waals surface area contributed by atoms with E-state index in [9.17, 15) is 15.0 Å². The zero-order valence-corrected chi connectivity index (χ0v) is 11.5. The Morgan fingerprint density at radius 3 is 2.50 bits per heavy atom. The van der Waals surface area contributed by atoms with E-state index in [1.165, 1.54) is 0 Å². The Kier molecular flexibility index (Phi) is 3.67. The standard InChI is InChI=1S/C16H13N3O3/c20-14(10-6-2-1-3-7-10)16(22)19-18-13-11-8-4-5-9-12(11)17-15(13)21/h1-9,14,17,20-21H/t14-/m1/s1. The number of amides is 1. The van der Waals surface area contributed by atoms with Gasteiger partial charge in [-0.05, 0) is 11.6 Å². The van der Waals surface area contributed by atoms with Crippen molar-refractivity contribution >= 4 is 22.5 Å². The third-order valence-corrected chi connectivity index (χ3v) is 3.26. The summed E-state index contributed by atoms with van der Waals surface area (Å²) in [4.78, 5) is 14.6. The van der Waals surface area contributed by atoms with E-state index in [4.69, 9.17) is 0 Å². The maximum Gasteiger partial charge on any atom is 0.297 e. The Morgan fingerprint density at radius 1 is 1.05 bits per heavy atom. The molecule has 0 aliphatic heterocycles. The molecule has 1 amide bonds. The Labute approximate surface area is 125 Å². The van der Waals surface area contributed by atoms with Gasteiger partial charge in [0.1, 0.15) is 0 Å². The average molecular weight is 295 g/mol. The number of aromatic nitrogens is 1. The maximum atomic E-state index is 11.9. The number of benzene rings is 2. The van der Waals surface area contributed by atoms with E-state index in [1.807, 2.05) is 6.07 Å². The number of carbonyl (C=O) groups excluding carboxylic acids is 1. The lowest BCUT2D eigenvalue weighted by Crippen LogP contribution is -2.08. The lowest BCUT2D eigenvalue weighted by molar-refractivity contribution is -0.126. The molecule has 0 unspecified atom stereocenters. The van der Waals surface area contributed by atoms with Crippen LogP contribution in [0.1, 0.15) is 11.7 Å². The molecule has 22 heavy (non-hydrogen) atoms. The van der Waals surface area contributed by atoms with E-state index < -0.39 is 12.0 Å². The molecule has 0 saturated heterocycles. The highest BCUT2D eigenvalue weighted by Crippen LogP contribution is 2.35. The number of hydrogen-bond acceptors (Lipinski definition) is 4. The van der Waals surface area contributed by atoms with E-state index >= 15 is 0 Å². The second-order valence-electron chi connectivity index (χ2n) is 4.72. The molecule has 6 nitrogen and oxygen atoms in total. The molecule has 1 heterocycles. The monoisotopic (exact) mass is 295 g/mol. The fourth-order valence-electron chi connectivity index (χ4n) is 2.15. The number of aliphatic hydroxyl groups excluding tert-OH is 1. The molecule has 0 saturated carbocycles. The van der Waals surface area contributed by atoms with Gasteiger partial charge in [-0.3, -0.25) is 4.79 Å². The highest BCUT2D eigenvalue weighted by Gasteiger charge is 2.17. The van der Waals surface area contributed by atoms with Crippen LogP contribution in [-0.2, 0) is 4.79 Å². The van der Waals surface area contributed by atoms with Gasteiger partial charge in [-0.25, -0.2) is 0 Å². The van der Waals surface area contributed by atoms with Crippen LogP contribution < -0.4 is 0 Å². The lowest BCUT2D eigenvalue weighted by atomic mass is 10.1. The van der Waals surface area contributed by atoms with Crippen molar-refractivity contribution in [2.45, 2.75) is 6.10 Å². The van der Waals surface area contributed by atoms with Crippen LogP contribution in [0, 0.1) is 0 Å². The van der Waals surface area contributed by atoms with Crippen LogP contribution in [-0.4, -0.2) is 21.1 Å². The van der Waals surface area contributed by atoms with Gasteiger partial charge in [0, 0.05) is 5.39 Å². The van der Waals surface area contributed by atoms with E-state index in [0.717, 1.165) is 0 Å². The minimum atomic E-state index is -1.38. The molecule has 0 aliphatic rings. The van der Waals surface area contributed by atoms with E-state index in [0.29, 0.717) is 16.5 Å². The third-order valence-electron chi connectivity index (χ3n) is 3.26. The van der Waals surface area contributed by atoms with Crippen LogP contribution in [0.4, 0.5) is 5.69 Å². The first kappa shape index (κ1) is 14.0. The molecule has 3 N–H and O–H groups in total. The van der Waals surface area contributed by atoms with Crippen molar-refractivity contribution in [3.63, 3.8) is 0 Å². The smallest absolute Gasteiger partial charge is 0.297 e. The van der Waals surface area contributed by atoms with Gasteiger partial charge in [0.2, 0.25) is 5.88 Å². The van der Waals surface area contributed by atoms with Crippen molar-refractivity contribution in [1.29, 1.82) is 0 Å². The lowest BCUT2D eigenvalue weighted by Gasteiger charge is -2.04. The predicted molar refractivity (Wildman–Crippen MR) is 80.9 cm³/mol. The summed E-state index contributed by atoms with van der Waals surface area (Å²) in [5.41, 5.74) is 1.30. The molecule has 0 aliphatic carbocycles. The number of aliphatic hydroxyl groups is 1. The highest BCUT2D eigenvalue weighted by molar-refractivity contribution is 5.94. The molecule has 0 spiro atoms. The summed E-state index contributed by atoms with van der Waals surface area (Å²) >= 11 is 0. The number of para-hydroxylation sites is 1. The van der Waals surface area contributed by atoms with Crippen molar-refractivity contribution in [3.05, 3.63) is 60.2 Å². The van der Waals surface area contributed by atoms with Crippen molar-refractivity contribution in [3.8, 4) is 5.88 Å². The minimum absolute atomic E-state index is 0.171. The van der Waals surface area contributed by atoms with Gasteiger partial charge in [-0.2, -0.15) is 0 Å². The average Bonchev–Trinajstić information content (AvgIpc) is 2.88. The summed E-state index contributed by atoms with van der Waals surface area (Å²) in [6.45, 7) is 0. The van der Waals surface area contributed by atoms with Crippen molar-refractivity contribution in [2.24, 2.45) is 10.2 Å². The number of aromatic hydroxyl groups is 1. The normalized spacial score (nSPS) is 12.8. The Morgan fingerprint density at radius 2 is 1.73 bits per heavy atom. The van der Waals surface area contributed by atoms with Gasteiger partial charge in [0.25, 0.3) is 5.91 Å². The molecule has 0 radical (unpaired) electrons. The van der Waals surface area contributed by atoms with Gasteiger partial charge in [-0.1, -0.05) is 48.5 Å². The Bertz CT molecular complexity index is 840. The molecule has 0 bridgehead atoms. The number of fused-ring (bicyclic) bond motifs is 1. The van der Waals surface area contributed by atoms with Gasteiger partial charge < -0.3 is 15.2 Å². The number of carbonyl (C=O) groups is 1. The number of nitrogens with zero attached hydrogens (tertiary/aromatic N) is 2. The van der Waals surface area contributed by atoms with Gasteiger partial charge in [-0.15, -0.1) is 10.2 Å². The molecule has 6 heteroatoms. The molecule has 3 aromatic rings. The maximum absolute atomic E-state index is 11.9. The predicted octanol–water partition coefficient (Wildman–Crippen LogP) is 3.22. The second kappa shape index (κ2) is 5.79. The van der Waals surface area contributed by atoms with Crippen LogP contribution in [0.5, 0.6) is 5.88 Å². The summed E-state index contributed by atoms with van der Waals surface area (Å²) in [6, 6.07) is 15.6. The zero-order valence-electron chi connectivity index (χ0n) is 11.5. The largest absolute Gasteiger partial charge is 0.493 e. The van der Waals surface area contributed by atoms with Gasteiger partial charge in [0.15, 0.2) is 11.8 Å². The summed E-state index contributed by atoms with van der Waals surface area (Å²) in [5, 5.41) is 27.7. The van der Waals surface area contributed by atoms with Gasteiger partial charge >= 0.3 is 0 Å². The molecular weight excluding hydrogens is 282 g/mol. The minimum Gasteiger partial charge on any atom is -0.493 e. The molecule has 0 fully saturated rings. The van der Waals surface area contributed by atoms with Crippen molar-refractivity contribution in [1.82, 2.24) is 4.98 Å². The quantitative estimate of drug-likeness (QED) is 0.647. The topological polar surface area (TPSA) is 98.0 Å². The molecule has 1 atom stereocenters. The Hall–Kier alpha value is -2.99. The molecular formula is C16H13N3O3. The SMILES string of the molecule is O=C(N=Nc1c(O)[nH]c2ccccc12)[C@H](O)c1ccccc1. The highest BCUT2D eigenvalue weighted by atomic mass is 16.3. The fourth-order valence-corrected chi connectivity index (χ4v) is 2.15. The molecule has 110 valence electrons. The third kappa shape index (κ3) is 2.59. The summed E-state index contributed by atoms with van der Waals surface area (Å²) in [5.74, 6) is -0.970. The van der Waals surface area contributed by atoms with Crippen molar-refractivity contribution in [2.75, 3.05) is 0 Å². The van der Waals surface area contributed by atoms with E-state index in [-0.39, 0.29) is 11.6 Å². The Balaban J connectivity index is 1.87. The summed E-state index contributed by atoms with van der Waals surface area (Å²) in [6.07, 6.45) is -1.38. The first-order valence-corrected chi connectivity index (χ1v) is 6.65. The first-order chi connectivity index (χ1) is 10.7. The van der Waals surface area contributed by atoms with E-state index in [2.05, 4.69) is 15.2 Å². The number of aromatic amines is 1. The number of hydrogen-bond donors (Lipinski definition) is 3. The second-order valence-corrected chi connectivity index (χ2v) is 4.72. The van der Waals surface area contributed by atoms with Gasteiger partial charge in [0.05, 0.1) is 5.52 Å². The first-order valence-electron chi connectivity index (χ1n) is 6.65. The fraction of sp³-hybridized carbons (Fsp3) is 0.0625. The molecule has 1 aromatic heterocycles. The van der Waals surface area contributed by atoms with Crippen LogP contribution in [0.15, 0.2) is 64.8 Å². The van der Waals surface area contributed by atoms with Crippen molar-refractivity contribution < 1.29 is 15.0 Å². The summed E-state index contributed by atoms with van der Waals surface area (Å²) in [7, 11) is 0. The summed E-state index contributed by atoms with van der Waals surface area (Å²) < 4.78 is 0. The zero-order chi connectivity index (χ0) is 15.5. The number of H-pyrrole nitrogens is 1. The van der Waals surface area contributed by atoms with Crippen LogP contribution in [0.2, 0.25) is 0 Å². The number of azo groups is 1. The number of nitrogens with one attached hydrogen (secondary N) is 1. The number of rotatable bonds is 3. The van der Waals surface area contributed by atoms with E-state index in [1.54, 1.807) is 48.5 Å². The van der Waals surface area contributed by atoms with Crippen LogP contribution in [0.25, 0.3) is 10.9 Å².